The van der Waals surface area contributed by atoms with Gasteiger partial charge in [-0.15, -0.1) is 11.3 Å². The van der Waals surface area contributed by atoms with Gasteiger partial charge in [0.15, 0.2) is 0 Å². The SMILES string of the molecule is Cc1ccsc1-c1cnc(C(C)(C)O)[nH]1. The molecule has 0 bridgehead atoms. The van der Waals surface area contributed by atoms with Crippen LogP contribution in [-0.4, -0.2) is 15.1 Å². The Morgan fingerprint density at radius 2 is 2.20 bits per heavy atom. The van der Waals surface area contributed by atoms with E-state index in [2.05, 4.69) is 28.3 Å². The van der Waals surface area contributed by atoms with Crippen molar-refractivity contribution in [3.8, 4) is 10.6 Å². The molecule has 0 fully saturated rings. The molecule has 2 aromatic rings. The number of hydrogen-bond acceptors (Lipinski definition) is 3. The summed E-state index contributed by atoms with van der Waals surface area (Å²) in [6, 6.07) is 2.07. The van der Waals surface area contributed by atoms with Crippen molar-refractivity contribution in [2.75, 3.05) is 0 Å². The molecule has 0 spiro atoms. The van der Waals surface area contributed by atoms with Gasteiger partial charge in [0.25, 0.3) is 0 Å². The average molecular weight is 222 g/mol. The van der Waals surface area contributed by atoms with Crippen LogP contribution in [0.5, 0.6) is 0 Å². The summed E-state index contributed by atoms with van der Waals surface area (Å²) in [6.07, 6.45) is 1.77. The zero-order valence-electron chi connectivity index (χ0n) is 9.03. The minimum atomic E-state index is -0.913. The third-order valence-corrected chi connectivity index (χ3v) is 3.31. The van der Waals surface area contributed by atoms with E-state index in [9.17, 15) is 5.11 Å². The van der Waals surface area contributed by atoms with Crippen LogP contribution in [-0.2, 0) is 5.60 Å². The molecule has 0 saturated carbocycles. The molecule has 4 heteroatoms. The minimum Gasteiger partial charge on any atom is -0.383 e. The molecule has 0 radical (unpaired) electrons. The highest BCUT2D eigenvalue weighted by molar-refractivity contribution is 7.13. The number of aryl methyl sites for hydroxylation is 1. The molecular weight excluding hydrogens is 208 g/mol. The predicted molar refractivity (Wildman–Crippen MR) is 61.9 cm³/mol. The second kappa shape index (κ2) is 3.47. The zero-order valence-corrected chi connectivity index (χ0v) is 9.85. The summed E-state index contributed by atoms with van der Waals surface area (Å²) in [7, 11) is 0. The molecule has 2 heterocycles. The molecule has 0 saturated heterocycles. The molecule has 0 aromatic carbocycles. The molecular formula is C11H14N2OS. The lowest BCUT2D eigenvalue weighted by atomic mass is 10.1. The highest BCUT2D eigenvalue weighted by Crippen LogP contribution is 2.28. The van der Waals surface area contributed by atoms with Gasteiger partial charge < -0.3 is 10.1 Å². The average Bonchev–Trinajstić information content (AvgIpc) is 2.69. The second-order valence-electron chi connectivity index (χ2n) is 4.14. The van der Waals surface area contributed by atoms with E-state index in [1.165, 1.54) is 10.4 Å². The largest absolute Gasteiger partial charge is 0.383 e. The van der Waals surface area contributed by atoms with Crippen LogP contribution in [0.15, 0.2) is 17.6 Å². The summed E-state index contributed by atoms with van der Waals surface area (Å²) in [5.41, 5.74) is 1.29. The maximum Gasteiger partial charge on any atom is 0.138 e. The Balaban J connectivity index is 2.41. The molecule has 0 aliphatic heterocycles. The van der Waals surface area contributed by atoms with Gasteiger partial charge in [0.05, 0.1) is 16.8 Å². The van der Waals surface area contributed by atoms with Crippen molar-refractivity contribution in [3.63, 3.8) is 0 Å². The van der Waals surface area contributed by atoms with E-state index in [1.807, 2.05) is 0 Å². The molecule has 2 aromatic heterocycles. The third-order valence-electron chi connectivity index (χ3n) is 2.26. The Kier molecular flexibility index (Phi) is 2.40. The monoisotopic (exact) mass is 222 g/mol. The number of thiophene rings is 1. The fourth-order valence-corrected chi connectivity index (χ4v) is 2.29. The fourth-order valence-electron chi connectivity index (χ4n) is 1.40. The smallest absolute Gasteiger partial charge is 0.138 e. The van der Waals surface area contributed by atoms with E-state index < -0.39 is 5.60 Å². The van der Waals surface area contributed by atoms with Crippen molar-refractivity contribution in [1.29, 1.82) is 0 Å². The van der Waals surface area contributed by atoms with Crippen LogP contribution in [0.4, 0.5) is 0 Å². The molecule has 2 rings (SSSR count). The van der Waals surface area contributed by atoms with Crippen LogP contribution in [0.1, 0.15) is 25.2 Å². The standard InChI is InChI=1S/C11H14N2OS/c1-7-4-5-15-9(7)8-6-12-10(13-8)11(2,3)14/h4-6,14H,1-3H3,(H,12,13). The van der Waals surface area contributed by atoms with Crippen LogP contribution in [0, 0.1) is 6.92 Å². The normalized spacial score (nSPS) is 12.0. The summed E-state index contributed by atoms with van der Waals surface area (Å²) in [4.78, 5) is 8.51. The Bertz CT molecular complexity index is 465. The van der Waals surface area contributed by atoms with Gasteiger partial charge in [-0.2, -0.15) is 0 Å². The first-order valence-electron chi connectivity index (χ1n) is 4.81. The van der Waals surface area contributed by atoms with Gasteiger partial charge in [-0.3, -0.25) is 0 Å². The van der Waals surface area contributed by atoms with Crippen molar-refractivity contribution in [3.05, 3.63) is 29.0 Å². The molecule has 80 valence electrons. The summed E-state index contributed by atoms with van der Waals surface area (Å²) in [5.74, 6) is 0.602. The predicted octanol–water partition coefficient (Wildman–Crippen LogP) is 2.67. The number of aromatic nitrogens is 2. The van der Waals surface area contributed by atoms with Crippen LogP contribution < -0.4 is 0 Å². The number of H-pyrrole nitrogens is 1. The number of nitrogens with zero attached hydrogens (tertiary/aromatic N) is 1. The van der Waals surface area contributed by atoms with E-state index in [4.69, 9.17) is 0 Å². The van der Waals surface area contributed by atoms with E-state index in [-0.39, 0.29) is 0 Å². The first-order chi connectivity index (χ1) is 6.98. The van der Waals surface area contributed by atoms with Gasteiger partial charge in [-0.1, -0.05) is 0 Å². The minimum absolute atomic E-state index is 0.602. The lowest BCUT2D eigenvalue weighted by Crippen LogP contribution is -2.17. The van der Waals surface area contributed by atoms with Gasteiger partial charge in [-0.05, 0) is 37.8 Å². The number of hydrogen-bond donors (Lipinski definition) is 2. The Morgan fingerprint density at radius 3 is 2.67 bits per heavy atom. The van der Waals surface area contributed by atoms with E-state index >= 15 is 0 Å². The number of rotatable bonds is 2. The molecule has 0 amide bonds. The van der Waals surface area contributed by atoms with Crippen LogP contribution in [0.2, 0.25) is 0 Å². The maximum absolute atomic E-state index is 9.78. The first-order valence-corrected chi connectivity index (χ1v) is 5.69. The molecule has 0 unspecified atom stereocenters. The summed E-state index contributed by atoms with van der Waals surface area (Å²) in [5, 5.41) is 11.8. The summed E-state index contributed by atoms with van der Waals surface area (Å²) >= 11 is 1.67. The maximum atomic E-state index is 9.78. The van der Waals surface area contributed by atoms with Gasteiger partial charge in [0, 0.05) is 0 Å². The van der Waals surface area contributed by atoms with Crippen molar-refractivity contribution >= 4 is 11.3 Å². The lowest BCUT2D eigenvalue weighted by Gasteiger charge is -2.12. The first kappa shape index (κ1) is 10.4. The van der Waals surface area contributed by atoms with E-state index in [1.54, 1.807) is 31.4 Å². The Labute approximate surface area is 92.8 Å². The summed E-state index contributed by atoms with van der Waals surface area (Å²) in [6.45, 7) is 5.50. The van der Waals surface area contributed by atoms with Gasteiger partial charge >= 0.3 is 0 Å². The Morgan fingerprint density at radius 1 is 1.47 bits per heavy atom. The third kappa shape index (κ3) is 1.96. The van der Waals surface area contributed by atoms with Crippen molar-refractivity contribution < 1.29 is 5.11 Å². The van der Waals surface area contributed by atoms with Crippen LogP contribution >= 0.6 is 11.3 Å². The van der Waals surface area contributed by atoms with Crippen LogP contribution in [0.3, 0.4) is 0 Å². The van der Waals surface area contributed by atoms with Crippen molar-refractivity contribution in [1.82, 2.24) is 9.97 Å². The van der Waals surface area contributed by atoms with E-state index in [0.717, 1.165) is 5.69 Å². The number of aliphatic hydroxyl groups is 1. The van der Waals surface area contributed by atoms with Gasteiger partial charge in [0.1, 0.15) is 11.4 Å². The van der Waals surface area contributed by atoms with Crippen molar-refractivity contribution in [2.45, 2.75) is 26.4 Å². The molecule has 0 atom stereocenters. The molecule has 3 nitrogen and oxygen atoms in total. The quantitative estimate of drug-likeness (QED) is 0.820. The van der Waals surface area contributed by atoms with Gasteiger partial charge in [-0.25, -0.2) is 4.98 Å². The number of aromatic amines is 1. The van der Waals surface area contributed by atoms with E-state index in [0.29, 0.717) is 5.82 Å². The molecule has 15 heavy (non-hydrogen) atoms. The van der Waals surface area contributed by atoms with Gasteiger partial charge in [0.2, 0.25) is 0 Å². The second-order valence-corrected chi connectivity index (χ2v) is 5.05. The Hall–Kier alpha value is -1.13. The number of nitrogens with one attached hydrogen (secondary N) is 1. The highest BCUT2D eigenvalue weighted by Gasteiger charge is 2.20. The molecule has 0 aliphatic carbocycles. The highest BCUT2D eigenvalue weighted by atomic mass is 32.1. The zero-order chi connectivity index (χ0) is 11.1. The topological polar surface area (TPSA) is 48.9 Å². The van der Waals surface area contributed by atoms with Crippen LogP contribution in [0.25, 0.3) is 10.6 Å². The summed E-state index contributed by atoms with van der Waals surface area (Å²) < 4.78 is 0. The van der Waals surface area contributed by atoms with Crippen molar-refractivity contribution in [2.24, 2.45) is 0 Å². The lowest BCUT2D eigenvalue weighted by molar-refractivity contribution is 0.0697. The molecule has 0 aliphatic rings. The fraction of sp³-hybridized carbons (Fsp3) is 0.364. The number of imidazole rings is 1. The molecule has 2 N–H and O–H groups in total.